The Labute approximate surface area is 99.2 Å². The number of hydrogen-bond acceptors (Lipinski definition) is 2. The van der Waals surface area contributed by atoms with Crippen LogP contribution in [-0.2, 0) is 4.74 Å². The van der Waals surface area contributed by atoms with Crippen LogP contribution in [0, 0.1) is 11.8 Å². The van der Waals surface area contributed by atoms with Crippen LogP contribution in [0.5, 0.6) is 0 Å². The molecule has 1 saturated carbocycles. The smallest absolute Gasteiger partial charge is 0.0876 e. The van der Waals surface area contributed by atoms with Crippen molar-refractivity contribution < 1.29 is 4.74 Å². The first-order chi connectivity index (χ1) is 7.81. The van der Waals surface area contributed by atoms with Crippen molar-refractivity contribution in [3.63, 3.8) is 0 Å². The molecule has 0 spiro atoms. The summed E-state index contributed by atoms with van der Waals surface area (Å²) in [5.74, 6) is 1.66. The Hall–Kier alpha value is -0.500. The second kappa shape index (κ2) is 5.72. The van der Waals surface area contributed by atoms with Crippen molar-refractivity contribution in [1.29, 1.82) is 0 Å². The molecule has 1 aliphatic carbocycles. The highest BCUT2D eigenvalue weighted by Gasteiger charge is 2.27. The lowest BCUT2D eigenvalue weighted by Crippen LogP contribution is -2.35. The zero-order valence-electron chi connectivity index (χ0n) is 10.5. The van der Waals surface area contributed by atoms with Crippen LogP contribution in [0.1, 0.15) is 51.9 Å². The van der Waals surface area contributed by atoms with Gasteiger partial charge in [-0.2, -0.15) is 0 Å². The fourth-order valence-electron chi connectivity index (χ4n) is 3.09. The summed E-state index contributed by atoms with van der Waals surface area (Å²) in [5, 5.41) is 0. The molecule has 2 N–H and O–H groups in total. The zero-order chi connectivity index (χ0) is 11.4. The lowest BCUT2D eigenvalue weighted by atomic mass is 9.75. The van der Waals surface area contributed by atoms with Crippen molar-refractivity contribution in [2.24, 2.45) is 17.6 Å². The minimum atomic E-state index is 0.262. The first-order valence-corrected chi connectivity index (χ1v) is 6.87. The third kappa shape index (κ3) is 2.79. The largest absolute Gasteiger partial charge is 0.501 e. The van der Waals surface area contributed by atoms with Gasteiger partial charge in [0.1, 0.15) is 0 Å². The Morgan fingerprint density at radius 2 is 2.12 bits per heavy atom. The monoisotopic (exact) mass is 223 g/mol. The van der Waals surface area contributed by atoms with Crippen LogP contribution in [0.4, 0.5) is 0 Å². The average molecular weight is 223 g/mol. The molecule has 0 aromatic carbocycles. The Bertz CT molecular complexity index is 241. The minimum Gasteiger partial charge on any atom is -0.501 e. The summed E-state index contributed by atoms with van der Waals surface area (Å²) in [6, 6.07) is 0.262. The van der Waals surface area contributed by atoms with Gasteiger partial charge in [0, 0.05) is 6.04 Å². The first-order valence-electron chi connectivity index (χ1n) is 6.87. The third-order valence-corrected chi connectivity index (χ3v) is 4.37. The summed E-state index contributed by atoms with van der Waals surface area (Å²) in [6.07, 6.45) is 11.0. The molecule has 2 rings (SSSR count). The molecule has 0 radical (unpaired) electrons. The van der Waals surface area contributed by atoms with Crippen LogP contribution in [0.3, 0.4) is 0 Å². The molecule has 1 unspecified atom stereocenters. The van der Waals surface area contributed by atoms with Crippen molar-refractivity contribution in [2.45, 2.75) is 57.9 Å². The lowest BCUT2D eigenvalue weighted by Gasteiger charge is -2.33. The van der Waals surface area contributed by atoms with Crippen molar-refractivity contribution in [3.8, 4) is 0 Å². The molecule has 0 saturated heterocycles. The maximum atomic E-state index is 6.36. The standard InChI is InChI=1S/C14H25NO/c1-2-11-5-7-12(8-6-11)14(15)13-4-3-9-16-10-13/h10-12,14H,2-9,15H2,1H3. The van der Waals surface area contributed by atoms with Gasteiger partial charge in [-0.3, -0.25) is 0 Å². The molecule has 1 fully saturated rings. The van der Waals surface area contributed by atoms with Crippen molar-refractivity contribution in [2.75, 3.05) is 6.61 Å². The van der Waals surface area contributed by atoms with E-state index in [1.54, 1.807) is 0 Å². The molecule has 1 aliphatic heterocycles. The van der Waals surface area contributed by atoms with E-state index in [0.29, 0.717) is 5.92 Å². The van der Waals surface area contributed by atoms with E-state index in [4.69, 9.17) is 10.5 Å². The molecule has 0 aromatic heterocycles. The fourth-order valence-corrected chi connectivity index (χ4v) is 3.09. The molecule has 16 heavy (non-hydrogen) atoms. The Kier molecular flexibility index (Phi) is 4.28. The number of rotatable bonds is 3. The maximum absolute atomic E-state index is 6.36. The summed E-state index contributed by atoms with van der Waals surface area (Å²) >= 11 is 0. The summed E-state index contributed by atoms with van der Waals surface area (Å²) in [4.78, 5) is 0. The first kappa shape index (κ1) is 12.0. The average Bonchev–Trinajstić information content (AvgIpc) is 2.39. The molecule has 1 atom stereocenters. The van der Waals surface area contributed by atoms with Crippen LogP contribution in [0.2, 0.25) is 0 Å². The van der Waals surface area contributed by atoms with Crippen LogP contribution >= 0.6 is 0 Å². The van der Waals surface area contributed by atoms with Gasteiger partial charge in [-0.05, 0) is 43.1 Å². The van der Waals surface area contributed by atoms with Gasteiger partial charge < -0.3 is 10.5 Å². The van der Waals surface area contributed by atoms with E-state index in [1.807, 2.05) is 6.26 Å². The van der Waals surface area contributed by atoms with E-state index < -0.39 is 0 Å². The Morgan fingerprint density at radius 1 is 1.38 bits per heavy atom. The molecule has 2 heteroatoms. The maximum Gasteiger partial charge on any atom is 0.0876 e. The van der Waals surface area contributed by atoms with Gasteiger partial charge in [-0.25, -0.2) is 0 Å². The lowest BCUT2D eigenvalue weighted by molar-refractivity contribution is 0.205. The van der Waals surface area contributed by atoms with Gasteiger partial charge in [-0.1, -0.05) is 26.2 Å². The zero-order valence-corrected chi connectivity index (χ0v) is 10.5. The van der Waals surface area contributed by atoms with Gasteiger partial charge in [0.25, 0.3) is 0 Å². The number of ether oxygens (including phenoxy) is 1. The van der Waals surface area contributed by atoms with E-state index in [1.165, 1.54) is 37.7 Å². The van der Waals surface area contributed by atoms with Crippen molar-refractivity contribution in [1.82, 2.24) is 0 Å². The Balaban J connectivity index is 1.85. The quantitative estimate of drug-likeness (QED) is 0.797. The number of hydrogen-bond donors (Lipinski definition) is 1. The van der Waals surface area contributed by atoms with Crippen LogP contribution < -0.4 is 5.73 Å². The molecule has 2 aliphatic rings. The van der Waals surface area contributed by atoms with Gasteiger partial charge in [0.15, 0.2) is 0 Å². The molecule has 1 heterocycles. The highest BCUT2D eigenvalue weighted by atomic mass is 16.5. The van der Waals surface area contributed by atoms with Crippen LogP contribution in [0.15, 0.2) is 11.8 Å². The topological polar surface area (TPSA) is 35.2 Å². The predicted octanol–water partition coefficient (Wildman–Crippen LogP) is 3.22. The second-order valence-corrected chi connectivity index (χ2v) is 5.38. The fraction of sp³-hybridized carbons (Fsp3) is 0.857. The van der Waals surface area contributed by atoms with E-state index in [-0.39, 0.29) is 6.04 Å². The number of nitrogens with two attached hydrogens (primary N) is 1. The molecular formula is C14H25NO. The van der Waals surface area contributed by atoms with Crippen LogP contribution in [0.25, 0.3) is 0 Å². The molecule has 92 valence electrons. The highest BCUT2D eigenvalue weighted by Crippen LogP contribution is 2.34. The molecule has 0 bridgehead atoms. The molecule has 0 aromatic rings. The van der Waals surface area contributed by atoms with Crippen LogP contribution in [-0.4, -0.2) is 12.6 Å². The van der Waals surface area contributed by atoms with Gasteiger partial charge >= 0.3 is 0 Å². The summed E-state index contributed by atoms with van der Waals surface area (Å²) in [7, 11) is 0. The van der Waals surface area contributed by atoms with E-state index in [2.05, 4.69) is 6.92 Å². The van der Waals surface area contributed by atoms with E-state index in [0.717, 1.165) is 25.4 Å². The normalized spacial score (nSPS) is 32.8. The Morgan fingerprint density at radius 3 is 2.69 bits per heavy atom. The van der Waals surface area contributed by atoms with Gasteiger partial charge in [-0.15, -0.1) is 0 Å². The molecule has 2 nitrogen and oxygen atoms in total. The minimum absolute atomic E-state index is 0.262. The highest BCUT2D eigenvalue weighted by molar-refractivity contribution is 5.11. The van der Waals surface area contributed by atoms with Gasteiger partial charge in [0.05, 0.1) is 12.9 Å². The SMILES string of the molecule is CCC1CCC(C(N)C2=COCCC2)CC1. The van der Waals surface area contributed by atoms with E-state index in [9.17, 15) is 0 Å². The van der Waals surface area contributed by atoms with E-state index >= 15 is 0 Å². The summed E-state index contributed by atoms with van der Waals surface area (Å²) in [6.45, 7) is 3.18. The predicted molar refractivity (Wildman–Crippen MR) is 67.0 cm³/mol. The van der Waals surface area contributed by atoms with Gasteiger partial charge in [0.2, 0.25) is 0 Å². The summed E-state index contributed by atoms with van der Waals surface area (Å²) in [5.41, 5.74) is 7.71. The van der Waals surface area contributed by atoms with Crippen molar-refractivity contribution >= 4 is 0 Å². The third-order valence-electron chi connectivity index (χ3n) is 4.37. The molecular weight excluding hydrogens is 198 g/mol. The van der Waals surface area contributed by atoms with Crippen molar-refractivity contribution in [3.05, 3.63) is 11.8 Å². The molecule has 0 amide bonds. The summed E-state index contributed by atoms with van der Waals surface area (Å²) < 4.78 is 5.39. The second-order valence-electron chi connectivity index (χ2n) is 5.38.